The lowest BCUT2D eigenvalue weighted by molar-refractivity contribution is -0.541. The highest BCUT2D eigenvalue weighted by Crippen LogP contribution is 1.85. The van der Waals surface area contributed by atoms with Gasteiger partial charge < -0.3 is 0 Å². The summed E-state index contributed by atoms with van der Waals surface area (Å²) in [7, 11) is 0. The minimum absolute atomic E-state index is 0.500. The van der Waals surface area contributed by atoms with Gasteiger partial charge in [0.2, 0.25) is 0 Å². The number of nitrogens with zero attached hydrogens (tertiary/aromatic N) is 2. The van der Waals surface area contributed by atoms with Gasteiger partial charge in [0.05, 0.1) is 12.4 Å². The van der Waals surface area contributed by atoms with Crippen molar-refractivity contribution in [2.24, 2.45) is 0 Å². The highest BCUT2D eigenvalue weighted by atomic mass is 16.7. The lowest BCUT2D eigenvalue weighted by Gasteiger charge is -1.83. The van der Waals surface area contributed by atoms with Crippen LogP contribution >= 0.6 is 0 Å². The highest BCUT2D eigenvalue weighted by Gasteiger charge is 1.93. The quantitative estimate of drug-likeness (QED) is 0.393. The molecule has 0 saturated carbocycles. The van der Waals surface area contributed by atoms with E-state index < -0.39 is 5.03 Å². The maximum atomic E-state index is 9.83. The van der Waals surface area contributed by atoms with Crippen molar-refractivity contribution in [3.8, 4) is 0 Å². The van der Waals surface area contributed by atoms with Crippen molar-refractivity contribution < 1.29 is 5.03 Å². The lowest BCUT2D eigenvalue weighted by atomic mass is 10.7. The number of hydrogen-bond donors (Lipinski definition) is 0. The molecule has 0 N–H and O–H groups in total. The van der Waals surface area contributed by atoms with E-state index >= 15 is 0 Å². The van der Waals surface area contributed by atoms with E-state index in [2.05, 4.69) is 0 Å². The maximum absolute atomic E-state index is 9.83. The molecule has 1 aromatic rings. The molecule has 42 valence electrons. The Labute approximate surface area is 45.5 Å². The summed E-state index contributed by atoms with van der Waals surface area (Å²) in [5, 5.41) is 9.33. The molecule has 1 heterocycles. The van der Waals surface area contributed by atoms with Crippen molar-refractivity contribution >= 4 is 0 Å². The van der Waals surface area contributed by atoms with Gasteiger partial charge in [0.1, 0.15) is 0 Å². The molecule has 1 aromatic heterocycles. The van der Waals surface area contributed by atoms with Crippen LogP contribution in [-0.4, -0.2) is 9.71 Å². The van der Waals surface area contributed by atoms with Crippen molar-refractivity contribution in [1.29, 1.82) is 0 Å². The summed E-state index contributed by atoms with van der Waals surface area (Å²) in [6.07, 6.45) is 2.75. The van der Waals surface area contributed by atoms with E-state index in [0.717, 1.165) is 4.68 Å². The second-order valence-corrected chi connectivity index (χ2v) is 1.30. The first-order valence-electron chi connectivity index (χ1n) is 2.08. The Morgan fingerprint density at radius 3 is 2.12 bits per heavy atom. The number of nitro groups is 1. The summed E-state index contributed by atoms with van der Waals surface area (Å²) in [5.41, 5.74) is 0. The molecule has 0 amide bonds. The number of aromatic nitrogens is 1. The molecule has 0 bridgehead atoms. The third-order valence-electron chi connectivity index (χ3n) is 0.777. The molecule has 0 atom stereocenters. The summed E-state index contributed by atoms with van der Waals surface area (Å²) < 4.78 is 0.889. The SMILES string of the molecule is O=[N+]([O-])n1cccc1. The Hall–Kier alpha value is -1.32. The Bertz CT molecular complexity index is 180. The molecule has 0 aliphatic heterocycles. The summed E-state index contributed by atoms with van der Waals surface area (Å²) >= 11 is 0. The fourth-order valence-electron chi connectivity index (χ4n) is 0.434. The predicted octanol–water partition coefficient (Wildman–Crippen LogP) is 0.528. The summed E-state index contributed by atoms with van der Waals surface area (Å²) in [6, 6.07) is 3.20. The van der Waals surface area contributed by atoms with Crippen LogP contribution in [0.5, 0.6) is 0 Å². The van der Waals surface area contributed by atoms with Gasteiger partial charge in [-0.05, 0) is 12.1 Å². The van der Waals surface area contributed by atoms with Gasteiger partial charge in [0, 0.05) is 0 Å². The van der Waals surface area contributed by atoms with Gasteiger partial charge in [-0.15, -0.1) is 0 Å². The molecule has 4 nitrogen and oxygen atoms in total. The highest BCUT2D eigenvalue weighted by molar-refractivity contribution is 4.87. The maximum Gasteiger partial charge on any atom is 0.169 e. The average molecular weight is 112 g/mol. The second-order valence-electron chi connectivity index (χ2n) is 1.30. The fraction of sp³-hybridized carbons (Fsp3) is 0. The molecule has 0 fully saturated rings. The van der Waals surface area contributed by atoms with Crippen LogP contribution in [0.2, 0.25) is 0 Å². The van der Waals surface area contributed by atoms with Crippen LogP contribution in [0.15, 0.2) is 24.5 Å². The lowest BCUT2D eigenvalue weighted by Crippen LogP contribution is -2.03. The Morgan fingerprint density at radius 1 is 1.38 bits per heavy atom. The smallest absolute Gasteiger partial charge is 0.169 e. The molecule has 0 radical (unpaired) electrons. The second kappa shape index (κ2) is 1.65. The van der Waals surface area contributed by atoms with Crippen molar-refractivity contribution in [3.05, 3.63) is 34.6 Å². The van der Waals surface area contributed by atoms with E-state index in [4.69, 9.17) is 0 Å². The van der Waals surface area contributed by atoms with Crippen LogP contribution < -0.4 is 0 Å². The molecular weight excluding hydrogens is 108 g/mol. The van der Waals surface area contributed by atoms with Crippen LogP contribution in [0.3, 0.4) is 0 Å². The Morgan fingerprint density at radius 2 is 1.88 bits per heavy atom. The third kappa shape index (κ3) is 0.676. The average Bonchev–Trinajstić information content (AvgIpc) is 2.12. The van der Waals surface area contributed by atoms with Gasteiger partial charge >= 0.3 is 0 Å². The third-order valence-corrected chi connectivity index (χ3v) is 0.777. The summed E-state index contributed by atoms with van der Waals surface area (Å²) in [6.45, 7) is 0. The Balaban J connectivity index is 2.93. The molecule has 0 saturated heterocycles. The van der Waals surface area contributed by atoms with Gasteiger partial charge in [-0.3, -0.25) is 0 Å². The van der Waals surface area contributed by atoms with Crippen molar-refractivity contribution in [2.75, 3.05) is 0 Å². The van der Waals surface area contributed by atoms with Crippen LogP contribution in [0.25, 0.3) is 0 Å². The zero-order chi connectivity index (χ0) is 5.98. The van der Waals surface area contributed by atoms with E-state index in [1.54, 1.807) is 12.1 Å². The normalized spacial score (nSPS) is 9.00. The molecule has 4 heteroatoms. The first-order valence-corrected chi connectivity index (χ1v) is 2.08. The molecule has 0 spiro atoms. The summed E-state index contributed by atoms with van der Waals surface area (Å²) in [5.74, 6) is 0. The number of hydrogen-bond acceptors (Lipinski definition) is 2. The minimum atomic E-state index is -0.500. The molecule has 0 aromatic carbocycles. The van der Waals surface area contributed by atoms with E-state index in [1.165, 1.54) is 12.4 Å². The number of rotatable bonds is 1. The molecule has 1 rings (SSSR count). The molecule has 8 heavy (non-hydrogen) atoms. The van der Waals surface area contributed by atoms with Gasteiger partial charge in [-0.25, -0.2) is 10.1 Å². The summed E-state index contributed by atoms with van der Waals surface area (Å²) in [4.78, 5) is 9.83. The van der Waals surface area contributed by atoms with Crippen molar-refractivity contribution in [3.63, 3.8) is 0 Å². The minimum Gasteiger partial charge on any atom is -0.234 e. The van der Waals surface area contributed by atoms with Crippen molar-refractivity contribution in [1.82, 2.24) is 4.68 Å². The monoisotopic (exact) mass is 112 g/mol. The van der Waals surface area contributed by atoms with E-state index in [0.29, 0.717) is 0 Å². The molecule has 0 aliphatic rings. The fourth-order valence-corrected chi connectivity index (χ4v) is 0.434. The standard InChI is InChI=1S/C4H4N2O2/c7-6(8)5-3-1-2-4-5/h1-4H. The van der Waals surface area contributed by atoms with E-state index in [-0.39, 0.29) is 0 Å². The van der Waals surface area contributed by atoms with Crippen LogP contribution in [0, 0.1) is 10.1 Å². The van der Waals surface area contributed by atoms with Crippen molar-refractivity contribution in [2.45, 2.75) is 0 Å². The van der Waals surface area contributed by atoms with Gasteiger partial charge in [-0.2, -0.15) is 0 Å². The topological polar surface area (TPSA) is 48.1 Å². The first kappa shape index (κ1) is 4.83. The van der Waals surface area contributed by atoms with E-state index in [9.17, 15) is 10.1 Å². The first-order chi connectivity index (χ1) is 3.80. The van der Waals surface area contributed by atoms with Crippen LogP contribution in [0.4, 0.5) is 0 Å². The van der Waals surface area contributed by atoms with Gasteiger partial charge in [0.25, 0.3) is 0 Å². The van der Waals surface area contributed by atoms with Gasteiger partial charge in [-0.1, -0.05) is 4.68 Å². The zero-order valence-electron chi connectivity index (χ0n) is 4.02. The van der Waals surface area contributed by atoms with Crippen LogP contribution in [0.1, 0.15) is 0 Å². The Kier molecular flexibility index (Phi) is 0.997. The van der Waals surface area contributed by atoms with E-state index in [1.807, 2.05) is 0 Å². The largest absolute Gasteiger partial charge is 0.234 e. The zero-order valence-corrected chi connectivity index (χ0v) is 4.02. The molecule has 0 unspecified atom stereocenters. The predicted molar refractivity (Wildman–Crippen MR) is 26.8 cm³/mol. The molecule has 0 aliphatic carbocycles. The van der Waals surface area contributed by atoms with Crippen LogP contribution in [-0.2, 0) is 0 Å². The van der Waals surface area contributed by atoms with Gasteiger partial charge in [0.15, 0.2) is 5.03 Å². The molecular formula is C4H4N2O2.